The second kappa shape index (κ2) is 7.81. The van der Waals surface area contributed by atoms with E-state index in [0.717, 1.165) is 29.1 Å². The fraction of sp³-hybridized carbons (Fsp3) is 0.278. The van der Waals surface area contributed by atoms with Crippen LogP contribution in [0.2, 0.25) is 5.02 Å². The smallest absolute Gasteiger partial charge is 0.270 e. The van der Waals surface area contributed by atoms with Crippen LogP contribution in [0, 0.1) is 0 Å². The first-order chi connectivity index (χ1) is 11.4. The van der Waals surface area contributed by atoms with Gasteiger partial charge in [0, 0.05) is 11.9 Å². The molecule has 0 bridgehead atoms. The zero-order valence-corrected chi connectivity index (χ0v) is 15.3. The molecule has 0 fully saturated rings. The lowest BCUT2D eigenvalue weighted by molar-refractivity contribution is -0.115. The van der Waals surface area contributed by atoms with Crippen molar-refractivity contribution in [1.82, 2.24) is 0 Å². The van der Waals surface area contributed by atoms with Gasteiger partial charge in [-0.3, -0.25) is 4.79 Å². The number of nitrogens with zero attached hydrogens (tertiary/aromatic N) is 1. The number of sulfonamides is 1. The van der Waals surface area contributed by atoms with Gasteiger partial charge < -0.3 is 0 Å². The molecular formula is C18H20ClNO3S. The second-order valence-electron chi connectivity index (χ2n) is 5.51. The lowest BCUT2D eigenvalue weighted by Gasteiger charge is -2.21. The molecule has 2 rings (SSSR count). The van der Waals surface area contributed by atoms with E-state index in [1.807, 2.05) is 12.1 Å². The molecule has 2 aromatic rings. The summed E-state index contributed by atoms with van der Waals surface area (Å²) in [6.45, 7) is 3.35. The van der Waals surface area contributed by atoms with E-state index in [2.05, 4.69) is 6.92 Å². The van der Waals surface area contributed by atoms with E-state index in [-0.39, 0.29) is 4.90 Å². The van der Waals surface area contributed by atoms with Crippen molar-refractivity contribution >= 4 is 33.2 Å². The van der Waals surface area contributed by atoms with Crippen LogP contribution in [-0.4, -0.2) is 14.3 Å². The summed E-state index contributed by atoms with van der Waals surface area (Å²) in [7, 11) is -3.97. The van der Waals surface area contributed by atoms with Gasteiger partial charge in [0.2, 0.25) is 5.91 Å². The van der Waals surface area contributed by atoms with Crippen molar-refractivity contribution in [2.75, 3.05) is 4.31 Å². The predicted molar refractivity (Wildman–Crippen MR) is 96.9 cm³/mol. The third kappa shape index (κ3) is 4.16. The quantitative estimate of drug-likeness (QED) is 0.761. The molecule has 0 saturated heterocycles. The lowest BCUT2D eigenvalue weighted by atomic mass is 10.1. The molecule has 0 aromatic heterocycles. The summed E-state index contributed by atoms with van der Waals surface area (Å²) in [6, 6.07) is 12.8. The Morgan fingerprint density at radius 3 is 2.12 bits per heavy atom. The molecule has 0 heterocycles. The number of hydrogen-bond donors (Lipinski definition) is 0. The fourth-order valence-corrected chi connectivity index (χ4v) is 3.94. The third-order valence-electron chi connectivity index (χ3n) is 3.63. The number of halogens is 1. The van der Waals surface area contributed by atoms with E-state index in [0.29, 0.717) is 10.7 Å². The molecular weight excluding hydrogens is 346 g/mol. The van der Waals surface area contributed by atoms with Crippen molar-refractivity contribution in [2.45, 2.75) is 38.0 Å². The van der Waals surface area contributed by atoms with Crippen LogP contribution in [0.25, 0.3) is 0 Å². The second-order valence-corrected chi connectivity index (χ2v) is 7.74. The monoisotopic (exact) mass is 365 g/mol. The van der Waals surface area contributed by atoms with Crippen LogP contribution in [0.3, 0.4) is 0 Å². The van der Waals surface area contributed by atoms with Crippen molar-refractivity contribution < 1.29 is 13.2 Å². The minimum absolute atomic E-state index is 0.0251. The van der Waals surface area contributed by atoms with Crippen molar-refractivity contribution in [3.05, 3.63) is 59.1 Å². The van der Waals surface area contributed by atoms with Gasteiger partial charge in [0.25, 0.3) is 10.0 Å². The summed E-state index contributed by atoms with van der Waals surface area (Å²) in [5.74, 6) is -0.564. The first-order valence-electron chi connectivity index (χ1n) is 7.76. The average molecular weight is 366 g/mol. The Bertz CT molecular complexity index is 799. The van der Waals surface area contributed by atoms with Crippen LogP contribution in [0.4, 0.5) is 5.69 Å². The van der Waals surface area contributed by atoms with Crippen LogP contribution < -0.4 is 4.31 Å². The topological polar surface area (TPSA) is 54.5 Å². The van der Waals surface area contributed by atoms with E-state index in [9.17, 15) is 13.2 Å². The first-order valence-corrected chi connectivity index (χ1v) is 9.58. The standard InChI is InChI=1S/C18H20ClNO3S/c1-3-4-5-15-6-10-17(11-7-15)20(14(2)21)24(22,23)18-12-8-16(19)9-13-18/h6-13H,3-5H2,1-2H3. The molecule has 0 aliphatic rings. The third-order valence-corrected chi connectivity index (χ3v) is 5.70. The molecule has 24 heavy (non-hydrogen) atoms. The Morgan fingerprint density at radius 2 is 1.62 bits per heavy atom. The minimum Gasteiger partial charge on any atom is -0.274 e. The average Bonchev–Trinajstić information content (AvgIpc) is 2.54. The minimum atomic E-state index is -3.97. The van der Waals surface area contributed by atoms with Gasteiger partial charge in [-0.05, 0) is 54.8 Å². The number of aryl methyl sites for hydroxylation is 1. The zero-order chi connectivity index (χ0) is 17.7. The van der Waals surface area contributed by atoms with Gasteiger partial charge in [-0.15, -0.1) is 0 Å². The summed E-state index contributed by atoms with van der Waals surface area (Å²) in [5.41, 5.74) is 1.45. The van der Waals surface area contributed by atoms with Gasteiger partial charge >= 0.3 is 0 Å². The molecule has 128 valence electrons. The summed E-state index contributed by atoms with van der Waals surface area (Å²) >= 11 is 5.80. The first kappa shape index (κ1) is 18.5. The fourth-order valence-electron chi connectivity index (χ4n) is 2.38. The molecule has 0 aliphatic carbocycles. The highest BCUT2D eigenvalue weighted by Gasteiger charge is 2.28. The largest absolute Gasteiger partial charge is 0.274 e. The molecule has 0 radical (unpaired) electrons. The maximum atomic E-state index is 12.8. The van der Waals surface area contributed by atoms with Gasteiger partial charge in [0.05, 0.1) is 10.6 Å². The molecule has 0 N–H and O–H groups in total. The highest BCUT2D eigenvalue weighted by molar-refractivity contribution is 7.93. The Hall–Kier alpha value is -1.85. The molecule has 2 aromatic carbocycles. The number of hydrogen-bond acceptors (Lipinski definition) is 3. The number of amides is 1. The van der Waals surface area contributed by atoms with E-state index < -0.39 is 15.9 Å². The Balaban J connectivity index is 2.38. The SMILES string of the molecule is CCCCc1ccc(N(C(C)=O)S(=O)(=O)c2ccc(Cl)cc2)cc1. The van der Waals surface area contributed by atoms with E-state index >= 15 is 0 Å². The van der Waals surface area contributed by atoms with Gasteiger partial charge in [0.1, 0.15) is 0 Å². The number of anilines is 1. The van der Waals surface area contributed by atoms with Gasteiger partial charge in [-0.2, -0.15) is 0 Å². The summed E-state index contributed by atoms with van der Waals surface area (Å²) in [6.07, 6.45) is 3.09. The summed E-state index contributed by atoms with van der Waals surface area (Å²) in [4.78, 5) is 12.0. The number of carbonyl (C=O) groups is 1. The summed E-state index contributed by atoms with van der Waals surface area (Å²) < 4.78 is 26.4. The molecule has 0 aliphatic heterocycles. The maximum Gasteiger partial charge on any atom is 0.270 e. The van der Waals surface area contributed by atoms with Gasteiger partial charge in [-0.25, -0.2) is 12.7 Å². The van der Waals surface area contributed by atoms with Crippen LogP contribution in [0.15, 0.2) is 53.4 Å². The Kier molecular flexibility index (Phi) is 6.02. The number of carbonyl (C=O) groups excluding carboxylic acids is 1. The van der Waals surface area contributed by atoms with Crippen molar-refractivity contribution in [3.8, 4) is 0 Å². The van der Waals surface area contributed by atoms with Crippen molar-refractivity contribution in [2.24, 2.45) is 0 Å². The zero-order valence-electron chi connectivity index (χ0n) is 13.7. The van der Waals surface area contributed by atoms with Crippen LogP contribution in [0.1, 0.15) is 32.3 Å². The van der Waals surface area contributed by atoms with E-state index in [1.165, 1.54) is 31.2 Å². The molecule has 0 spiro atoms. The van der Waals surface area contributed by atoms with Crippen LogP contribution in [-0.2, 0) is 21.2 Å². The normalized spacial score (nSPS) is 11.3. The summed E-state index contributed by atoms with van der Waals surface area (Å²) in [5, 5.41) is 0.434. The predicted octanol–water partition coefficient (Wildman–Crippen LogP) is 4.42. The van der Waals surface area contributed by atoms with Crippen molar-refractivity contribution in [3.63, 3.8) is 0 Å². The molecule has 0 unspecified atom stereocenters. The molecule has 0 atom stereocenters. The van der Waals surface area contributed by atoms with Gasteiger partial charge in [0.15, 0.2) is 0 Å². The lowest BCUT2D eigenvalue weighted by Crippen LogP contribution is -2.35. The molecule has 1 amide bonds. The van der Waals surface area contributed by atoms with Crippen LogP contribution >= 0.6 is 11.6 Å². The maximum absolute atomic E-state index is 12.8. The molecule has 6 heteroatoms. The number of unbranched alkanes of at least 4 members (excludes halogenated alkanes) is 1. The molecule has 4 nitrogen and oxygen atoms in total. The number of benzene rings is 2. The highest BCUT2D eigenvalue weighted by atomic mass is 35.5. The van der Waals surface area contributed by atoms with Crippen LogP contribution in [0.5, 0.6) is 0 Å². The van der Waals surface area contributed by atoms with Gasteiger partial charge in [-0.1, -0.05) is 37.1 Å². The van der Waals surface area contributed by atoms with E-state index in [1.54, 1.807) is 12.1 Å². The van der Waals surface area contributed by atoms with Crippen molar-refractivity contribution in [1.29, 1.82) is 0 Å². The highest BCUT2D eigenvalue weighted by Crippen LogP contribution is 2.25. The molecule has 0 saturated carbocycles. The van der Waals surface area contributed by atoms with E-state index in [4.69, 9.17) is 11.6 Å². The Morgan fingerprint density at radius 1 is 1.04 bits per heavy atom. The number of rotatable bonds is 6. The Labute approximate surface area is 148 Å².